The molecular weight excluding hydrogens is 278 g/mol. The number of aryl methyl sites for hydroxylation is 1. The fourth-order valence-corrected chi connectivity index (χ4v) is 3.22. The van der Waals surface area contributed by atoms with Crippen LogP contribution in [-0.2, 0) is 0 Å². The van der Waals surface area contributed by atoms with Crippen LogP contribution in [0.1, 0.15) is 60.6 Å². The van der Waals surface area contributed by atoms with Gasteiger partial charge >= 0.3 is 0 Å². The van der Waals surface area contributed by atoms with Gasteiger partial charge in [0.2, 0.25) is 0 Å². The van der Waals surface area contributed by atoms with Crippen molar-refractivity contribution in [2.24, 2.45) is 0 Å². The van der Waals surface area contributed by atoms with E-state index in [4.69, 9.17) is 4.42 Å². The first-order chi connectivity index (χ1) is 10.6. The summed E-state index contributed by atoms with van der Waals surface area (Å²) in [6.07, 6.45) is 7.58. The fraction of sp³-hybridized carbons (Fsp3) is 0.529. The summed E-state index contributed by atoms with van der Waals surface area (Å²) in [4.78, 5) is 19.1. The van der Waals surface area contributed by atoms with Crippen molar-refractivity contribution in [1.82, 2.24) is 14.5 Å². The molecule has 1 unspecified atom stereocenters. The first-order valence-electron chi connectivity index (χ1n) is 7.94. The standard InChI is InChI=1S/C17H23N3O2/c1-12(2)16-18-7-9-20(16)14-5-4-8-19(11-14)17(21)15-6-10-22-13(15)3/h6-7,9-10,12,14H,4-5,8,11H2,1-3H3. The number of hydrogen-bond donors (Lipinski definition) is 0. The Morgan fingerprint density at radius 3 is 2.95 bits per heavy atom. The minimum atomic E-state index is 0.0714. The van der Waals surface area contributed by atoms with Crippen LogP contribution in [-0.4, -0.2) is 33.4 Å². The fourth-order valence-electron chi connectivity index (χ4n) is 3.22. The Morgan fingerprint density at radius 2 is 2.27 bits per heavy atom. The van der Waals surface area contributed by atoms with Gasteiger partial charge in [-0.15, -0.1) is 0 Å². The van der Waals surface area contributed by atoms with Crippen molar-refractivity contribution in [3.8, 4) is 0 Å². The average Bonchev–Trinajstić information content (AvgIpc) is 3.15. The molecule has 3 rings (SSSR count). The zero-order valence-corrected chi connectivity index (χ0v) is 13.5. The second-order valence-corrected chi connectivity index (χ2v) is 6.29. The SMILES string of the molecule is Cc1occc1C(=O)N1CCCC(n2ccnc2C(C)C)C1. The quantitative estimate of drug-likeness (QED) is 0.873. The molecule has 2 aromatic rings. The van der Waals surface area contributed by atoms with E-state index in [1.165, 1.54) is 0 Å². The molecule has 3 heterocycles. The number of amides is 1. The Bertz CT molecular complexity index is 656. The number of nitrogens with zero attached hydrogens (tertiary/aromatic N) is 3. The summed E-state index contributed by atoms with van der Waals surface area (Å²) >= 11 is 0. The number of imidazole rings is 1. The molecule has 0 aromatic carbocycles. The number of rotatable bonds is 3. The number of piperidine rings is 1. The predicted octanol–water partition coefficient (Wildman–Crippen LogP) is 3.39. The van der Waals surface area contributed by atoms with E-state index in [-0.39, 0.29) is 5.91 Å². The van der Waals surface area contributed by atoms with E-state index < -0.39 is 0 Å². The largest absolute Gasteiger partial charge is 0.469 e. The van der Waals surface area contributed by atoms with E-state index in [2.05, 4.69) is 23.4 Å². The molecule has 22 heavy (non-hydrogen) atoms. The van der Waals surface area contributed by atoms with Gasteiger partial charge in [-0.2, -0.15) is 0 Å². The van der Waals surface area contributed by atoms with Gasteiger partial charge in [0.25, 0.3) is 5.91 Å². The van der Waals surface area contributed by atoms with Crippen molar-refractivity contribution in [3.63, 3.8) is 0 Å². The van der Waals surface area contributed by atoms with Crippen LogP contribution in [0.2, 0.25) is 0 Å². The van der Waals surface area contributed by atoms with Gasteiger partial charge in [-0.25, -0.2) is 4.98 Å². The molecule has 5 heteroatoms. The smallest absolute Gasteiger partial charge is 0.257 e. The summed E-state index contributed by atoms with van der Waals surface area (Å²) in [7, 11) is 0. The summed E-state index contributed by atoms with van der Waals surface area (Å²) in [6, 6.07) is 2.07. The van der Waals surface area contributed by atoms with Crippen LogP contribution < -0.4 is 0 Å². The normalized spacial score (nSPS) is 18.9. The number of furan rings is 1. The minimum Gasteiger partial charge on any atom is -0.469 e. The third kappa shape index (κ3) is 2.67. The highest BCUT2D eigenvalue weighted by molar-refractivity contribution is 5.95. The third-order valence-corrected chi connectivity index (χ3v) is 4.38. The van der Waals surface area contributed by atoms with Crippen LogP contribution in [0.15, 0.2) is 29.1 Å². The molecule has 2 aromatic heterocycles. The highest BCUT2D eigenvalue weighted by Crippen LogP contribution is 2.27. The second kappa shape index (κ2) is 5.99. The van der Waals surface area contributed by atoms with Gasteiger partial charge in [-0.3, -0.25) is 4.79 Å². The number of hydrogen-bond acceptors (Lipinski definition) is 3. The van der Waals surface area contributed by atoms with Crippen molar-refractivity contribution in [2.75, 3.05) is 13.1 Å². The molecule has 0 N–H and O–H groups in total. The van der Waals surface area contributed by atoms with Gasteiger partial charge < -0.3 is 13.9 Å². The van der Waals surface area contributed by atoms with Crippen LogP contribution >= 0.6 is 0 Å². The van der Waals surface area contributed by atoms with Crippen molar-refractivity contribution in [1.29, 1.82) is 0 Å². The first-order valence-corrected chi connectivity index (χ1v) is 7.94. The van der Waals surface area contributed by atoms with Crippen LogP contribution in [0.4, 0.5) is 0 Å². The zero-order chi connectivity index (χ0) is 15.7. The van der Waals surface area contributed by atoms with Gasteiger partial charge in [0.05, 0.1) is 17.9 Å². The Hall–Kier alpha value is -2.04. The van der Waals surface area contributed by atoms with E-state index in [1.807, 2.05) is 24.2 Å². The average molecular weight is 301 g/mol. The van der Waals surface area contributed by atoms with Crippen LogP contribution in [0, 0.1) is 6.92 Å². The molecule has 1 aliphatic rings. The lowest BCUT2D eigenvalue weighted by atomic mass is 10.0. The minimum absolute atomic E-state index is 0.0714. The molecule has 1 saturated heterocycles. The Morgan fingerprint density at radius 1 is 1.45 bits per heavy atom. The van der Waals surface area contributed by atoms with Gasteiger partial charge in [0, 0.05) is 31.4 Å². The molecule has 0 aliphatic carbocycles. The monoisotopic (exact) mass is 301 g/mol. The Labute approximate surface area is 130 Å². The third-order valence-electron chi connectivity index (χ3n) is 4.38. The molecule has 0 bridgehead atoms. The number of carbonyl (C=O) groups excluding carboxylic acids is 1. The van der Waals surface area contributed by atoms with Gasteiger partial charge in [0.15, 0.2) is 0 Å². The predicted molar refractivity (Wildman–Crippen MR) is 83.9 cm³/mol. The molecule has 1 atom stereocenters. The molecule has 0 saturated carbocycles. The van der Waals surface area contributed by atoms with E-state index >= 15 is 0 Å². The molecule has 5 nitrogen and oxygen atoms in total. The zero-order valence-electron chi connectivity index (χ0n) is 13.5. The maximum absolute atomic E-state index is 12.7. The van der Waals surface area contributed by atoms with Crippen molar-refractivity contribution >= 4 is 5.91 Å². The molecule has 0 spiro atoms. The number of carbonyl (C=O) groups is 1. The van der Waals surface area contributed by atoms with E-state index in [0.29, 0.717) is 23.3 Å². The molecule has 0 radical (unpaired) electrons. The van der Waals surface area contributed by atoms with Crippen molar-refractivity contribution < 1.29 is 9.21 Å². The molecule has 1 aliphatic heterocycles. The van der Waals surface area contributed by atoms with E-state index in [1.54, 1.807) is 12.3 Å². The summed E-state index contributed by atoms with van der Waals surface area (Å²) in [6.45, 7) is 7.69. The summed E-state index contributed by atoms with van der Waals surface area (Å²) in [5, 5.41) is 0. The highest BCUT2D eigenvalue weighted by Gasteiger charge is 2.28. The molecule has 1 amide bonds. The lowest BCUT2D eigenvalue weighted by molar-refractivity contribution is 0.0676. The maximum atomic E-state index is 12.7. The van der Waals surface area contributed by atoms with E-state index in [9.17, 15) is 4.79 Å². The Kier molecular flexibility index (Phi) is 4.05. The highest BCUT2D eigenvalue weighted by atomic mass is 16.3. The summed E-state index contributed by atoms with van der Waals surface area (Å²) in [5.41, 5.74) is 0.676. The second-order valence-electron chi connectivity index (χ2n) is 6.29. The van der Waals surface area contributed by atoms with Crippen molar-refractivity contribution in [2.45, 2.75) is 45.6 Å². The topological polar surface area (TPSA) is 51.3 Å². The van der Waals surface area contributed by atoms with Crippen LogP contribution in [0.25, 0.3) is 0 Å². The van der Waals surface area contributed by atoms with Gasteiger partial charge in [-0.1, -0.05) is 13.8 Å². The summed E-state index contributed by atoms with van der Waals surface area (Å²) < 4.78 is 7.51. The van der Waals surface area contributed by atoms with Gasteiger partial charge in [0.1, 0.15) is 11.6 Å². The number of aromatic nitrogens is 2. The van der Waals surface area contributed by atoms with Crippen LogP contribution in [0.3, 0.4) is 0 Å². The lowest BCUT2D eigenvalue weighted by Gasteiger charge is -2.34. The van der Waals surface area contributed by atoms with Crippen LogP contribution in [0.5, 0.6) is 0 Å². The number of likely N-dealkylation sites (tertiary alicyclic amines) is 1. The lowest BCUT2D eigenvalue weighted by Crippen LogP contribution is -2.41. The first kappa shape index (κ1) is 14.9. The Balaban J connectivity index is 1.78. The van der Waals surface area contributed by atoms with Gasteiger partial charge in [-0.05, 0) is 25.8 Å². The molecule has 1 fully saturated rings. The molecule has 118 valence electrons. The van der Waals surface area contributed by atoms with Crippen molar-refractivity contribution in [3.05, 3.63) is 41.9 Å². The molecular formula is C17H23N3O2. The summed E-state index contributed by atoms with van der Waals surface area (Å²) in [5.74, 6) is 2.25. The van der Waals surface area contributed by atoms with E-state index in [0.717, 1.165) is 31.8 Å². The maximum Gasteiger partial charge on any atom is 0.257 e.